The van der Waals surface area contributed by atoms with Gasteiger partial charge >= 0.3 is 0 Å². The Kier molecular flexibility index (Phi) is 4.81. The quantitative estimate of drug-likeness (QED) is 0.766. The van der Waals surface area contributed by atoms with Crippen LogP contribution in [0.25, 0.3) is 5.70 Å². The second-order valence-electron chi connectivity index (χ2n) is 4.79. The fraction of sp³-hybridized carbons (Fsp3) is 0.294. The van der Waals surface area contributed by atoms with Gasteiger partial charge in [-0.2, -0.15) is 0 Å². The molecular formula is C17H20FNO2. The van der Waals surface area contributed by atoms with Crippen molar-refractivity contribution in [2.45, 2.75) is 13.8 Å². The first kappa shape index (κ1) is 15.3. The van der Waals surface area contributed by atoms with Gasteiger partial charge in [0.15, 0.2) is 6.79 Å². The minimum Gasteiger partial charge on any atom is -0.467 e. The lowest BCUT2D eigenvalue weighted by Crippen LogP contribution is -2.23. The molecule has 0 bridgehead atoms. The van der Waals surface area contributed by atoms with Crippen molar-refractivity contribution in [3.63, 3.8) is 0 Å². The Balaban J connectivity index is 2.35. The maximum Gasteiger partial charge on any atom is 0.188 e. The molecule has 1 aliphatic heterocycles. The molecule has 21 heavy (non-hydrogen) atoms. The van der Waals surface area contributed by atoms with Crippen molar-refractivity contribution in [3.05, 3.63) is 59.6 Å². The molecule has 0 saturated carbocycles. The van der Waals surface area contributed by atoms with Crippen LogP contribution < -0.4 is 4.74 Å². The summed E-state index contributed by atoms with van der Waals surface area (Å²) in [6.45, 7) is 8.91. The minimum atomic E-state index is -0.325. The largest absolute Gasteiger partial charge is 0.467 e. The van der Waals surface area contributed by atoms with E-state index < -0.39 is 0 Å². The summed E-state index contributed by atoms with van der Waals surface area (Å²) in [6.07, 6.45) is 3.88. The van der Waals surface area contributed by atoms with Crippen LogP contribution >= 0.6 is 0 Å². The van der Waals surface area contributed by atoms with E-state index >= 15 is 0 Å². The molecule has 0 spiro atoms. The van der Waals surface area contributed by atoms with Crippen LogP contribution in [0.3, 0.4) is 0 Å². The number of methoxy groups -OCH3 is 1. The Labute approximate surface area is 125 Å². The highest BCUT2D eigenvalue weighted by Gasteiger charge is 2.20. The molecule has 2 rings (SSSR count). The van der Waals surface area contributed by atoms with Crippen LogP contribution in [0.2, 0.25) is 0 Å². The minimum absolute atomic E-state index is 0.0985. The summed E-state index contributed by atoms with van der Waals surface area (Å²) in [5.41, 5.74) is 3.32. The number of ether oxygens (including phenoxy) is 2. The van der Waals surface area contributed by atoms with Gasteiger partial charge in [-0.25, -0.2) is 4.39 Å². The first-order valence-corrected chi connectivity index (χ1v) is 6.85. The van der Waals surface area contributed by atoms with Crippen molar-refractivity contribution >= 4 is 5.70 Å². The lowest BCUT2D eigenvalue weighted by Gasteiger charge is -2.31. The van der Waals surface area contributed by atoms with Crippen molar-refractivity contribution in [1.82, 2.24) is 4.90 Å². The van der Waals surface area contributed by atoms with Crippen molar-refractivity contribution in [3.8, 4) is 5.75 Å². The molecule has 3 nitrogen and oxygen atoms in total. The number of allylic oxidation sites excluding steroid dienone is 3. The van der Waals surface area contributed by atoms with E-state index in [0.717, 1.165) is 23.5 Å². The van der Waals surface area contributed by atoms with Crippen LogP contribution in [0.4, 0.5) is 4.39 Å². The molecule has 1 aromatic carbocycles. The summed E-state index contributed by atoms with van der Waals surface area (Å²) < 4.78 is 24.4. The van der Waals surface area contributed by atoms with Gasteiger partial charge in [-0.3, -0.25) is 0 Å². The number of rotatable bonds is 5. The Hall–Kier alpha value is -2.07. The van der Waals surface area contributed by atoms with Crippen LogP contribution in [0.1, 0.15) is 19.4 Å². The maximum atomic E-state index is 14.4. The van der Waals surface area contributed by atoms with Gasteiger partial charge in [-0.15, -0.1) is 0 Å². The van der Waals surface area contributed by atoms with Gasteiger partial charge in [-0.05, 0) is 37.6 Å². The zero-order valence-corrected chi connectivity index (χ0v) is 12.6. The number of hydrogen-bond acceptors (Lipinski definition) is 3. The monoisotopic (exact) mass is 289 g/mol. The SMILES string of the molecule is C=C1C(C)=CC=C(c2ccc(OCOC)cc2F)N1CC. The summed E-state index contributed by atoms with van der Waals surface area (Å²) >= 11 is 0. The first-order valence-electron chi connectivity index (χ1n) is 6.85. The molecule has 112 valence electrons. The average Bonchev–Trinajstić information content (AvgIpc) is 2.48. The lowest BCUT2D eigenvalue weighted by molar-refractivity contribution is 0.0509. The second kappa shape index (κ2) is 6.59. The summed E-state index contributed by atoms with van der Waals surface area (Å²) in [4.78, 5) is 2.00. The summed E-state index contributed by atoms with van der Waals surface area (Å²) in [5, 5.41) is 0. The third kappa shape index (κ3) is 3.16. The number of benzene rings is 1. The average molecular weight is 289 g/mol. The van der Waals surface area contributed by atoms with E-state index in [1.54, 1.807) is 12.1 Å². The molecule has 0 aromatic heterocycles. The normalized spacial score (nSPS) is 14.9. The van der Waals surface area contributed by atoms with Gasteiger partial charge in [0.25, 0.3) is 0 Å². The number of hydrogen-bond donors (Lipinski definition) is 0. The van der Waals surface area contributed by atoms with E-state index in [-0.39, 0.29) is 12.6 Å². The molecule has 0 radical (unpaired) electrons. The maximum absolute atomic E-state index is 14.4. The van der Waals surface area contributed by atoms with Gasteiger partial charge in [-0.1, -0.05) is 12.7 Å². The molecule has 1 aromatic rings. The van der Waals surface area contributed by atoms with E-state index in [1.165, 1.54) is 13.2 Å². The lowest BCUT2D eigenvalue weighted by atomic mass is 10.0. The Morgan fingerprint density at radius 3 is 2.67 bits per heavy atom. The number of nitrogens with zero attached hydrogens (tertiary/aromatic N) is 1. The number of halogens is 1. The van der Waals surface area contributed by atoms with Crippen molar-refractivity contribution in [2.75, 3.05) is 20.4 Å². The van der Waals surface area contributed by atoms with E-state index in [9.17, 15) is 4.39 Å². The molecule has 4 heteroatoms. The Bertz CT molecular complexity index is 605. The van der Waals surface area contributed by atoms with Crippen molar-refractivity contribution in [2.24, 2.45) is 0 Å². The zero-order chi connectivity index (χ0) is 15.4. The molecule has 0 fully saturated rings. The second-order valence-corrected chi connectivity index (χ2v) is 4.79. The van der Waals surface area contributed by atoms with Crippen molar-refractivity contribution < 1.29 is 13.9 Å². The van der Waals surface area contributed by atoms with Gasteiger partial charge in [0.1, 0.15) is 11.6 Å². The molecule has 0 amide bonds. The van der Waals surface area contributed by atoms with Gasteiger partial charge in [0, 0.05) is 31.0 Å². The summed E-state index contributed by atoms with van der Waals surface area (Å²) in [5.74, 6) is 0.122. The molecule has 0 saturated heterocycles. The molecule has 1 heterocycles. The molecule has 0 N–H and O–H groups in total. The first-order chi connectivity index (χ1) is 10.1. The summed E-state index contributed by atoms with van der Waals surface area (Å²) in [6, 6.07) is 4.83. The van der Waals surface area contributed by atoms with Crippen LogP contribution in [0.5, 0.6) is 5.75 Å². The molecule has 0 aliphatic carbocycles. The zero-order valence-electron chi connectivity index (χ0n) is 12.6. The van der Waals surface area contributed by atoms with E-state index in [4.69, 9.17) is 9.47 Å². The van der Waals surface area contributed by atoms with E-state index in [0.29, 0.717) is 11.3 Å². The van der Waals surface area contributed by atoms with Crippen LogP contribution in [0, 0.1) is 5.82 Å². The Morgan fingerprint density at radius 2 is 2.05 bits per heavy atom. The molecule has 0 atom stereocenters. The highest BCUT2D eigenvalue weighted by atomic mass is 19.1. The molecule has 0 unspecified atom stereocenters. The molecule has 1 aliphatic rings. The highest BCUT2D eigenvalue weighted by Crippen LogP contribution is 2.32. The molecular weight excluding hydrogens is 269 g/mol. The topological polar surface area (TPSA) is 21.7 Å². The van der Waals surface area contributed by atoms with Gasteiger partial charge < -0.3 is 14.4 Å². The van der Waals surface area contributed by atoms with Crippen LogP contribution in [-0.2, 0) is 4.74 Å². The summed E-state index contributed by atoms with van der Waals surface area (Å²) in [7, 11) is 1.52. The third-order valence-corrected chi connectivity index (χ3v) is 3.44. The smallest absolute Gasteiger partial charge is 0.188 e. The van der Waals surface area contributed by atoms with Gasteiger partial charge in [0.05, 0.1) is 5.70 Å². The predicted octanol–water partition coefficient (Wildman–Crippen LogP) is 3.94. The van der Waals surface area contributed by atoms with E-state index in [2.05, 4.69) is 6.58 Å². The van der Waals surface area contributed by atoms with Crippen molar-refractivity contribution in [1.29, 1.82) is 0 Å². The fourth-order valence-corrected chi connectivity index (χ4v) is 2.27. The van der Waals surface area contributed by atoms with E-state index in [1.807, 2.05) is 30.9 Å². The standard InChI is InChI=1S/C17H20FNO2/c1-5-19-13(3)12(2)6-9-17(19)15-8-7-14(10-16(15)18)21-11-20-4/h6-10H,3,5,11H2,1-2,4H3. The van der Waals surface area contributed by atoms with Gasteiger partial charge in [0.2, 0.25) is 0 Å². The Morgan fingerprint density at radius 1 is 1.29 bits per heavy atom. The number of likely N-dealkylation sites (N-methyl/N-ethyl adjacent to an activating group) is 1. The fourth-order valence-electron chi connectivity index (χ4n) is 2.27. The third-order valence-electron chi connectivity index (χ3n) is 3.44. The highest BCUT2D eigenvalue weighted by molar-refractivity contribution is 5.71. The van der Waals surface area contributed by atoms with Crippen LogP contribution in [0.15, 0.2) is 48.2 Å². The predicted molar refractivity (Wildman–Crippen MR) is 82.2 cm³/mol. The van der Waals surface area contributed by atoms with Crippen LogP contribution in [-0.4, -0.2) is 25.3 Å².